The Balaban J connectivity index is 2.96. The summed E-state index contributed by atoms with van der Waals surface area (Å²) >= 11 is 5.21. The predicted molar refractivity (Wildman–Crippen MR) is 48.9 cm³/mol. The molecule has 0 spiro atoms. The van der Waals surface area contributed by atoms with E-state index >= 15 is 0 Å². The zero-order valence-electron chi connectivity index (χ0n) is 6.15. The minimum Gasteiger partial charge on any atom is -0.246 e. The molecule has 0 aliphatic rings. The third-order valence-corrected chi connectivity index (χ3v) is 3.29. The van der Waals surface area contributed by atoms with E-state index in [9.17, 15) is 0 Å². The monoisotopic (exact) mass is 219 g/mol. The Morgan fingerprint density at radius 1 is 1.60 bits per heavy atom. The lowest BCUT2D eigenvalue weighted by Gasteiger charge is -1.89. The van der Waals surface area contributed by atoms with Crippen molar-refractivity contribution in [2.75, 3.05) is 0 Å². The molecule has 3 heteroatoms. The SMILES string of the molecule is CCc1nc(C)sc1CBr. The number of halogens is 1. The van der Waals surface area contributed by atoms with Gasteiger partial charge in [-0.2, -0.15) is 0 Å². The van der Waals surface area contributed by atoms with Gasteiger partial charge in [0.2, 0.25) is 0 Å². The van der Waals surface area contributed by atoms with Crippen molar-refractivity contribution in [2.24, 2.45) is 0 Å². The third-order valence-electron chi connectivity index (χ3n) is 1.34. The lowest BCUT2D eigenvalue weighted by atomic mass is 10.3. The molecule has 0 aromatic carbocycles. The van der Waals surface area contributed by atoms with Crippen molar-refractivity contribution < 1.29 is 0 Å². The Kier molecular flexibility index (Phi) is 2.86. The second-order valence-electron chi connectivity index (χ2n) is 2.09. The first-order valence-electron chi connectivity index (χ1n) is 3.29. The largest absolute Gasteiger partial charge is 0.246 e. The maximum absolute atomic E-state index is 4.39. The van der Waals surface area contributed by atoms with Crippen molar-refractivity contribution in [2.45, 2.75) is 25.6 Å². The quantitative estimate of drug-likeness (QED) is 0.698. The summed E-state index contributed by atoms with van der Waals surface area (Å²) in [5.41, 5.74) is 1.25. The summed E-state index contributed by atoms with van der Waals surface area (Å²) in [6.07, 6.45) is 1.05. The van der Waals surface area contributed by atoms with E-state index in [4.69, 9.17) is 0 Å². The number of hydrogen-bond acceptors (Lipinski definition) is 2. The zero-order valence-corrected chi connectivity index (χ0v) is 8.55. The van der Waals surface area contributed by atoms with Crippen LogP contribution >= 0.6 is 27.3 Å². The van der Waals surface area contributed by atoms with E-state index in [1.54, 1.807) is 11.3 Å². The molecule has 1 rings (SSSR count). The molecule has 0 atom stereocenters. The smallest absolute Gasteiger partial charge is 0.0900 e. The van der Waals surface area contributed by atoms with Gasteiger partial charge in [-0.3, -0.25) is 0 Å². The Bertz CT molecular complexity index is 198. The van der Waals surface area contributed by atoms with Crippen molar-refractivity contribution in [1.29, 1.82) is 0 Å². The van der Waals surface area contributed by atoms with Crippen LogP contribution in [0.5, 0.6) is 0 Å². The minimum atomic E-state index is 0.946. The molecule has 0 unspecified atom stereocenters. The molecular formula is C7H10BrNS. The van der Waals surface area contributed by atoms with Crippen molar-refractivity contribution >= 4 is 27.3 Å². The highest BCUT2D eigenvalue weighted by Crippen LogP contribution is 2.20. The zero-order chi connectivity index (χ0) is 7.56. The summed E-state index contributed by atoms with van der Waals surface area (Å²) in [5, 5.41) is 2.12. The maximum Gasteiger partial charge on any atom is 0.0900 e. The molecule has 0 aliphatic carbocycles. The highest BCUT2D eigenvalue weighted by atomic mass is 79.9. The van der Waals surface area contributed by atoms with Crippen LogP contribution in [0.15, 0.2) is 0 Å². The van der Waals surface area contributed by atoms with E-state index in [0.717, 1.165) is 11.8 Å². The van der Waals surface area contributed by atoms with E-state index < -0.39 is 0 Å². The number of hydrogen-bond donors (Lipinski definition) is 0. The molecule has 0 radical (unpaired) electrons. The fourth-order valence-electron chi connectivity index (χ4n) is 0.893. The van der Waals surface area contributed by atoms with Crippen LogP contribution in [0.2, 0.25) is 0 Å². The van der Waals surface area contributed by atoms with Gasteiger partial charge < -0.3 is 0 Å². The Hall–Kier alpha value is 0.110. The summed E-state index contributed by atoms with van der Waals surface area (Å²) in [7, 11) is 0. The molecule has 0 saturated carbocycles. The van der Waals surface area contributed by atoms with Gasteiger partial charge in [0.05, 0.1) is 10.7 Å². The van der Waals surface area contributed by atoms with Crippen LogP contribution in [0, 0.1) is 6.92 Å². The van der Waals surface area contributed by atoms with Gasteiger partial charge in [-0.1, -0.05) is 22.9 Å². The number of nitrogens with zero attached hydrogens (tertiary/aromatic N) is 1. The standard InChI is InChI=1S/C7H10BrNS/c1-3-6-7(4-8)10-5(2)9-6/h3-4H2,1-2H3. The third kappa shape index (κ3) is 1.58. The van der Waals surface area contributed by atoms with E-state index in [-0.39, 0.29) is 0 Å². The normalized spacial score (nSPS) is 10.3. The van der Waals surface area contributed by atoms with Crippen molar-refractivity contribution in [3.05, 3.63) is 15.6 Å². The molecule has 1 aromatic rings. The highest BCUT2D eigenvalue weighted by molar-refractivity contribution is 9.08. The fourth-order valence-corrected chi connectivity index (χ4v) is 2.43. The number of aromatic nitrogens is 1. The predicted octanol–water partition coefficient (Wildman–Crippen LogP) is 2.91. The second kappa shape index (κ2) is 3.49. The van der Waals surface area contributed by atoms with Crippen molar-refractivity contribution in [1.82, 2.24) is 4.98 Å². The van der Waals surface area contributed by atoms with E-state index in [1.165, 1.54) is 15.6 Å². The maximum atomic E-state index is 4.39. The summed E-state index contributed by atoms with van der Waals surface area (Å²) in [4.78, 5) is 5.76. The topological polar surface area (TPSA) is 12.9 Å². The molecule has 1 nitrogen and oxygen atoms in total. The van der Waals surface area contributed by atoms with Gasteiger partial charge >= 0.3 is 0 Å². The van der Waals surface area contributed by atoms with E-state index in [1.807, 2.05) is 0 Å². The molecule has 10 heavy (non-hydrogen) atoms. The lowest BCUT2D eigenvalue weighted by Crippen LogP contribution is -1.83. The van der Waals surface area contributed by atoms with Gasteiger partial charge in [-0.25, -0.2) is 4.98 Å². The fraction of sp³-hybridized carbons (Fsp3) is 0.571. The lowest BCUT2D eigenvalue weighted by molar-refractivity contribution is 1.03. The first-order chi connectivity index (χ1) is 4.77. The van der Waals surface area contributed by atoms with E-state index in [0.29, 0.717) is 0 Å². The number of aryl methyl sites for hydroxylation is 2. The molecule has 0 amide bonds. The van der Waals surface area contributed by atoms with Gasteiger partial charge in [0.1, 0.15) is 0 Å². The molecule has 0 bridgehead atoms. The van der Waals surface area contributed by atoms with Crippen molar-refractivity contribution in [3.63, 3.8) is 0 Å². The van der Waals surface area contributed by atoms with Crippen LogP contribution in [0.3, 0.4) is 0 Å². The molecular weight excluding hydrogens is 210 g/mol. The molecule has 0 fully saturated rings. The van der Waals surface area contributed by atoms with Crippen LogP contribution in [0.25, 0.3) is 0 Å². The Morgan fingerprint density at radius 3 is 2.70 bits per heavy atom. The Labute approximate surface area is 73.6 Å². The van der Waals surface area contributed by atoms with Gasteiger partial charge in [-0.05, 0) is 13.3 Å². The number of thiazole rings is 1. The average Bonchev–Trinajstić information content (AvgIpc) is 2.30. The van der Waals surface area contributed by atoms with Gasteiger partial charge in [0, 0.05) is 10.2 Å². The van der Waals surface area contributed by atoms with Crippen LogP contribution in [-0.4, -0.2) is 4.98 Å². The average molecular weight is 220 g/mol. The molecule has 0 saturated heterocycles. The number of alkyl halides is 1. The second-order valence-corrected chi connectivity index (χ2v) is 3.94. The van der Waals surface area contributed by atoms with Gasteiger partial charge in [0.25, 0.3) is 0 Å². The summed E-state index contributed by atoms with van der Waals surface area (Å²) in [6, 6.07) is 0. The molecule has 56 valence electrons. The summed E-state index contributed by atoms with van der Waals surface area (Å²) in [6.45, 7) is 4.19. The van der Waals surface area contributed by atoms with Crippen molar-refractivity contribution in [3.8, 4) is 0 Å². The van der Waals surface area contributed by atoms with Gasteiger partial charge in [0.15, 0.2) is 0 Å². The van der Waals surface area contributed by atoms with Crippen LogP contribution in [0.1, 0.15) is 22.5 Å². The molecule has 0 aliphatic heterocycles. The first kappa shape index (κ1) is 8.21. The minimum absolute atomic E-state index is 0.946. The summed E-state index contributed by atoms with van der Waals surface area (Å²) in [5.74, 6) is 0. The Morgan fingerprint density at radius 2 is 2.30 bits per heavy atom. The molecule has 1 aromatic heterocycles. The molecule has 1 heterocycles. The van der Waals surface area contributed by atoms with Crippen LogP contribution in [-0.2, 0) is 11.8 Å². The molecule has 0 N–H and O–H groups in total. The summed E-state index contributed by atoms with van der Waals surface area (Å²) < 4.78 is 0. The van der Waals surface area contributed by atoms with Gasteiger partial charge in [-0.15, -0.1) is 11.3 Å². The van der Waals surface area contributed by atoms with E-state index in [2.05, 4.69) is 34.8 Å². The van der Waals surface area contributed by atoms with Crippen LogP contribution < -0.4 is 0 Å². The first-order valence-corrected chi connectivity index (χ1v) is 5.22. The highest BCUT2D eigenvalue weighted by Gasteiger charge is 2.03. The van der Waals surface area contributed by atoms with Crippen LogP contribution in [0.4, 0.5) is 0 Å². The number of rotatable bonds is 2.